The first-order valence-electron chi connectivity index (χ1n) is 6.45. The van der Waals surface area contributed by atoms with E-state index in [0.717, 1.165) is 25.8 Å². The van der Waals surface area contributed by atoms with E-state index in [2.05, 4.69) is 45.3 Å². The van der Waals surface area contributed by atoms with Crippen molar-refractivity contribution in [2.75, 3.05) is 13.1 Å². The normalized spacial score (nSPS) is 11.9. The van der Waals surface area contributed by atoms with Crippen LogP contribution in [0.3, 0.4) is 0 Å². The Labute approximate surface area is 100 Å². The molecule has 0 aliphatic rings. The highest BCUT2D eigenvalue weighted by atomic mass is 16.1. The minimum atomic E-state index is 0.0926. The van der Waals surface area contributed by atoms with Crippen LogP contribution in [0, 0.1) is 5.92 Å². The minimum Gasteiger partial charge on any atom is -0.355 e. The second-order valence-electron chi connectivity index (χ2n) is 5.15. The lowest BCUT2D eigenvalue weighted by Gasteiger charge is -2.28. The van der Waals surface area contributed by atoms with Crippen molar-refractivity contribution in [2.24, 2.45) is 5.92 Å². The summed E-state index contributed by atoms with van der Waals surface area (Å²) in [5.41, 5.74) is 0.0926. The third-order valence-corrected chi connectivity index (χ3v) is 3.28. The number of hydrogen-bond donors (Lipinski definition) is 2. The lowest BCUT2D eigenvalue weighted by molar-refractivity contribution is -0.120. The first-order valence-corrected chi connectivity index (χ1v) is 6.45. The zero-order valence-corrected chi connectivity index (χ0v) is 11.5. The van der Waals surface area contributed by atoms with Crippen LogP contribution in [0.2, 0.25) is 0 Å². The van der Waals surface area contributed by atoms with Crippen molar-refractivity contribution in [1.82, 2.24) is 10.6 Å². The summed E-state index contributed by atoms with van der Waals surface area (Å²) in [7, 11) is 0. The zero-order valence-electron chi connectivity index (χ0n) is 11.5. The molecule has 0 unspecified atom stereocenters. The molecule has 0 aliphatic heterocycles. The molecule has 0 atom stereocenters. The molecular formula is C13H28N2O. The number of carbonyl (C=O) groups excluding carboxylic acids is 1. The summed E-state index contributed by atoms with van der Waals surface area (Å²) < 4.78 is 0. The van der Waals surface area contributed by atoms with E-state index in [-0.39, 0.29) is 11.4 Å². The fraction of sp³-hybridized carbons (Fsp3) is 0.923. The first kappa shape index (κ1) is 15.4. The molecule has 16 heavy (non-hydrogen) atoms. The monoisotopic (exact) mass is 228 g/mol. The van der Waals surface area contributed by atoms with Crippen molar-refractivity contribution in [1.29, 1.82) is 0 Å². The molecule has 0 rings (SSSR count). The third kappa shape index (κ3) is 6.83. The average molecular weight is 228 g/mol. The van der Waals surface area contributed by atoms with Gasteiger partial charge in [0.05, 0.1) is 6.54 Å². The molecule has 0 fully saturated rings. The molecule has 1 amide bonds. The Morgan fingerprint density at radius 1 is 1.25 bits per heavy atom. The second kappa shape index (κ2) is 7.66. The smallest absolute Gasteiger partial charge is 0.233 e. The summed E-state index contributed by atoms with van der Waals surface area (Å²) in [4.78, 5) is 11.5. The van der Waals surface area contributed by atoms with Gasteiger partial charge in [-0.3, -0.25) is 4.79 Å². The fourth-order valence-electron chi connectivity index (χ4n) is 1.36. The van der Waals surface area contributed by atoms with E-state index < -0.39 is 0 Å². The van der Waals surface area contributed by atoms with Gasteiger partial charge in [-0.2, -0.15) is 0 Å². The number of carbonyl (C=O) groups is 1. The molecule has 0 saturated heterocycles. The summed E-state index contributed by atoms with van der Waals surface area (Å²) in [6, 6.07) is 0. The van der Waals surface area contributed by atoms with Crippen LogP contribution in [-0.2, 0) is 4.79 Å². The molecule has 0 aromatic heterocycles. The van der Waals surface area contributed by atoms with Gasteiger partial charge in [-0.15, -0.1) is 0 Å². The van der Waals surface area contributed by atoms with E-state index in [1.54, 1.807) is 0 Å². The van der Waals surface area contributed by atoms with Crippen LogP contribution in [0.15, 0.2) is 0 Å². The van der Waals surface area contributed by atoms with Crippen molar-refractivity contribution in [3.63, 3.8) is 0 Å². The van der Waals surface area contributed by atoms with Gasteiger partial charge in [0.15, 0.2) is 0 Å². The first-order chi connectivity index (χ1) is 7.43. The Morgan fingerprint density at radius 3 is 2.25 bits per heavy atom. The van der Waals surface area contributed by atoms with Crippen molar-refractivity contribution in [3.8, 4) is 0 Å². The molecular weight excluding hydrogens is 200 g/mol. The average Bonchev–Trinajstić information content (AvgIpc) is 2.25. The molecule has 0 aromatic carbocycles. The highest BCUT2D eigenvalue weighted by molar-refractivity contribution is 5.78. The number of amides is 1. The van der Waals surface area contributed by atoms with E-state index in [4.69, 9.17) is 0 Å². The largest absolute Gasteiger partial charge is 0.355 e. The predicted octanol–water partition coefficient (Wildman–Crippen LogP) is 2.32. The van der Waals surface area contributed by atoms with Crippen LogP contribution >= 0.6 is 0 Å². The molecule has 0 bridgehead atoms. The van der Waals surface area contributed by atoms with E-state index in [1.165, 1.54) is 0 Å². The fourth-order valence-corrected chi connectivity index (χ4v) is 1.36. The Bertz CT molecular complexity index is 198. The van der Waals surface area contributed by atoms with Crippen molar-refractivity contribution < 1.29 is 4.79 Å². The van der Waals surface area contributed by atoms with Gasteiger partial charge >= 0.3 is 0 Å². The lowest BCUT2D eigenvalue weighted by atomic mass is 9.96. The van der Waals surface area contributed by atoms with Crippen molar-refractivity contribution in [2.45, 2.75) is 59.4 Å². The van der Waals surface area contributed by atoms with Crippen molar-refractivity contribution >= 4 is 5.91 Å². The Hall–Kier alpha value is -0.570. The van der Waals surface area contributed by atoms with Crippen LogP contribution in [0.4, 0.5) is 0 Å². The highest BCUT2D eigenvalue weighted by Crippen LogP contribution is 2.12. The van der Waals surface area contributed by atoms with Crippen LogP contribution < -0.4 is 10.6 Å². The van der Waals surface area contributed by atoms with Crippen molar-refractivity contribution in [3.05, 3.63) is 0 Å². The molecule has 0 radical (unpaired) electrons. The van der Waals surface area contributed by atoms with E-state index in [1.807, 2.05) is 0 Å². The molecule has 3 heteroatoms. The van der Waals surface area contributed by atoms with E-state index in [0.29, 0.717) is 12.5 Å². The third-order valence-electron chi connectivity index (χ3n) is 3.28. The van der Waals surface area contributed by atoms with Gasteiger partial charge in [-0.05, 0) is 32.1 Å². The molecule has 0 aromatic rings. The molecule has 3 nitrogen and oxygen atoms in total. The molecule has 0 spiro atoms. The van der Waals surface area contributed by atoms with Gasteiger partial charge in [-0.25, -0.2) is 0 Å². The van der Waals surface area contributed by atoms with Crippen LogP contribution in [0.25, 0.3) is 0 Å². The molecule has 0 heterocycles. The quantitative estimate of drug-likeness (QED) is 0.669. The summed E-state index contributed by atoms with van der Waals surface area (Å²) in [5.74, 6) is 0.749. The van der Waals surface area contributed by atoms with E-state index >= 15 is 0 Å². The summed E-state index contributed by atoms with van der Waals surface area (Å²) >= 11 is 0. The maximum Gasteiger partial charge on any atom is 0.233 e. The van der Waals surface area contributed by atoms with Gasteiger partial charge in [0.1, 0.15) is 0 Å². The van der Waals surface area contributed by atoms with E-state index in [9.17, 15) is 4.79 Å². The molecule has 2 N–H and O–H groups in total. The molecule has 0 saturated carbocycles. The standard InChI is InChI=1S/C13H28N2O/c1-6-13(5,7-2)15-10-12(16)14-9-8-11(3)4/h11,15H,6-10H2,1-5H3,(H,14,16). The molecule has 96 valence electrons. The Balaban J connectivity index is 3.72. The number of hydrogen-bond acceptors (Lipinski definition) is 2. The van der Waals surface area contributed by atoms with Crippen LogP contribution in [0.1, 0.15) is 53.9 Å². The van der Waals surface area contributed by atoms with Gasteiger partial charge in [-0.1, -0.05) is 27.7 Å². The Kier molecular flexibility index (Phi) is 7.39. The van der Waals surface area contributed by atoms with Gasteiger partial charge in [0, 0.05) is 12.1 Å². The van der Waals surface area contributed by atoms with Gasteiger partial charge in [0.25, 0.3) is 0 Å². The van der Waals surface area contributed by atoms with Gasteiger partial charge < -0.3 is 10.6 Å². The predicted molar refractivity (Wildman–Crippen MR) is 69.5 cm³/mol. The zero-order chi connectivity index (χ0) is 12.6. The minimum absolute atomic E-state index is 0.0926. The maximum absolute atomic E-state index is 11.5. The van der Waals surface area contributed by atoms with Crippen LogP contribution in [0.5, 0.6) is 0 Å². The highest BCUT2D eigenvalue weighted by Gasteiger charge is 2.19. The Morgan fingerprint density at radius 2 is 1.81 bits per heavy atom. The summed E-state index contributed by atoms with van der Waals surface area (Å²) in [6.07, 6.45) is 3.14. The summed E-state index contributed by atoms with van der Waals surface area (Å²) in [5, 5.41) is 6.25. The second-order valence-corrected chi connectivity index (χ2v) is 5.15. The number of nitrogens with one attached hydrogen (secondary N) is 2. The number of rotatable bonds is 8. The lowest BCUT2D eigenvalue weighted by Crippen LogP contribution is -2.46. The summed E-state index contributed by atoms with van der Waals surface area (Å²) in [6.45, 7) is 12.0. The SMILES string of the molecule is CCC(C)(CC)NCC(=O)NCCC(C)C. The topological polar surface area (TPSA) is 41.1 Å². The molecule has 0 aliphatic carbocycles. The van der Waals surface area contributed by atoms with Gasteiger partial charge in [0.2, 0.25) is 5.91 Å². The van der Waals surface area contributed by atoms with Crippen LogP contribution in [-0.4, -0.2) is 24.5 Å². The maximum atomic E-state index is 11.5.